The molecule has 0 heterocycles. The highest BCUT2D eigenvalue weighted by molar-refractivity contribution is 9.10. The Bertz CT molecular complexity index is 263. The number of hydrogen-bond donors (Lipinski definition) is 1. The molecule has 0 radical (unpaired) electrons. The molecule has 0 saturated heterocycles. The van der Waals surface area contributed by atoms with Crippen LogP contribution >= 0.6 is 27.5 Å². The Morgan fingerprint density at radius 3 is 2.75 bits per heavy atom. The van der Waals surface area contributed by atoms with E-state index >= 15 is 0 Å². The predicted octanol–water partition coefficient (Wildman–Crippen LogP) is 3.03. The molecule has 1 nitrogen and oxygen atoms in total. The third-order valence-corrected chi connectivity index (χ3v) is 2.84. The fraction of sp³-hybridized carbons (Fsp3) is 0.333. The second-order valence-corrected chi connectivity index (χ2v) is 3.84. The number of aliphatic hydroxyl groups excluding tert-OH is 1. The van der Waals surface area contributed by atoms with Crippen LogP contribution in [0.15, 0.2) is 22.7 Å². The molecule has 12 heavy (non-hydrogen) atoms. The zero-order valence-electron chi connectivity index (χ0n) is 6.56. The lowest BCUT2D eigenvalue weighted by molar-refractivity contribution is 0.288. The van der Waals surface area contributed by atoms with E-state index in [1.54, 1.807) is 0 Å². The molecule has 0 spiro atoms. The van der Waals surface area contributed by atoms with Gasteiger partial charge in [-0.3, -0.25) is 0 Å². The van der Waals surface area contributed by atoms with Crippen molar-refractivity contribution < 1.29 is 5.11 Å². The smallest absolute Gasteiger partial charge is 0.0550 e. The number of halogens is 2. The van der Waals surface area contributed by atoms with E-state index in [9.17, 15) is 0 Å². The highest BCUT2D eigenvalue weighted by atomic mass is 79.9. The molecule has 0 atom stereocenters. The van der Waals surface area contributed by atoms with Crippen molar-refractivity contribution in [3.8, 4) is 0 Å². The third kappa shape index (κ3) is 2.77. The second-order valence-electron chi connectivity index (χ2n) is 2.58. The first-order valence-electron chi connectivity index (χ1n) is 3.79. The third-order valence-electron chi connectivity index (χ3n) is 1.61. The van der Waals surface area contributed by atoms with Crippen molar-refractivity contribution in [1.82, 2.24) is 0 Å². The number of rotatable bonds is 3. The largest absolute Gasteiger partial charge is 0.396 e. The number of aryl methyl sites for hydroxylation is 1. The SMILES string of the molecule is OCCCc1ccc(Br)c(Cl)c1. The van der Waals surface area contributed by atoms with E-state index in [2.05, 4.69) is 15.9 Å². The van der Waals surface area contributed by atoms with Gasteiger partial charge in [0.05, 0.1) is 5.02 Å². The lowest BCUT2D eigenvalue weighted by atomic mass is 10.1. The second kappa shape index (κ2) is 4.85. The summed E-state index contributed by atoms with van der Waals surface area (Å²) in [6, 6.07) is 5.85. The minimum absolute atomic E-state index is 0.230. The van der Waals surface area contributed by atoms with Crippen LogP contribution in [-0.4, -0.2) is 11.7 Å². The highest BCUT2D eigenvalue weighted by Gasteiger charge is 1.98. The van der Waals surface area contributed by atoms with Crippen LogP contribution in [0.25, 0.3) is 0 Å². The Morgan fingerprint density at radius 2 is 2.17 bits per heavy atom. The molecular formula is C9H10BrClO. The van der Waals surface area contributed by atoms with Crippen LogP contribution in [0.2, 0.25) is 5.02 Å². The number of benzene rings is 1. The minimum atomic E-state index is 0.230. The van der Waals surface area contributed by atoms with Crippen molar-refractivity contribution in [2.75, 3.05) is 6.61 Å². The molecule has 3 heteroatoms. The van der Waals surface area contributed by atoms with Crippen molar-refractivity contribution in [2.24, 2.45) is 0 Å². The predicted molar refractivity (Wildman–Crippen MR) is 54.6 cm³/mol. The Kier molecular flexibility index (Phi) is 4.06. The summed E-state index contributed by atoms with van der Waals surface area (Å²) in [5.74, 6) is 0. The summed E-state index contributed by atoms with van der Waals surface area (Å²) in [5.41, 5.74) is 1.16. The first-order chi connectivity index (χ1) is 5.74. The molecule has 0 aromatic heterocycles. The Labute approximate surface area is 85.5 Å². The Morgan fingerprint density at radius 1 is 1.42 bits per heavy atom. The van der Waals surface area contributed by atoms with E-state index < -0.39 is 0 Å². The van der Waals surface area contributed by atoms with Gasteiger partial charge in [-0.05, 0) is 46.5 Å². The summed E-state index contributed by atoms with van der Waals surface area (Å²) in [7, 11) is 0. The topological polar surface area (TPSA) is 20.2 Å². The average Bonchev–Trinajstić information content (AvgIpc) is 2.07. The maximum atomic E-state index is 8.61. The van der Waals surface area contributed by atoms with Gasteiger partial charge in [-0.1, -0.05) is 17.7 Å². The molecule has 66 valence electrons. The summed E-state index contributed by atoms with van der Waals surface area (Å²) < 4.78 is 0.914. The van der Waals surface area contributed by atoms with Crippen molar-refractivity contribution in [3.05, 3.63) is 33.3 Å². The van der Waals surface area contributed by atoms with Crippen LogP contribution in [0, 0.1) is 0 Å². The monoisotopic (exact) mass is 248 g/mol. The van der Waals surface area contributed by atoms with E-state index in [0.717, 1.165) is 27.9 Å². The average molecular weight is 250 g/mol. The van der Waals surface area contributed by atoms with Gasteiger partial charge < -0.3 is 5.11 Å². The lowest BCUT2D eigenvalue weighted by Gasteiger charge is -2.01. The molecule has 1 rings (SSSR count). The Balaban J connectivity index is 2.69. The standard InChI is InChI=1S/C9H10BrClO/c10-8-4-3-7(2-1-5-12)6-9(8)11/h3-4,6,12H,1-2,5H2. The van der Waals surface area contributed by atoms with Gasteiger partial charge in [-0.15, -0.1) is 0 Å². The van der Waals surface area contributed by atoms with Crippen molar-refractivity contribution in [2.45, 2.75) is 12.8 Å². The van der Waals surface area contributed by atoms with Gasteiger partial charge in [0.25, 0.3) is 0 Å². The molecule has 1 N–H and O–H groups in total. The van der Waals surface area contributed by atoms with E-state index in [1.807, 2.05) is 18.2 Å². The van der Waals surface area contributed by atoms with Gasteiger partial charge in [-0.2, -0.15) is 0 Å². The fourth-order valence-corrected chi connectivity index (χ4v) is 1.43. The van der Waals surface area contributed by atoms with Gasteiger partial charge in [0.2, 0.25) is 0 Å². The summed E-state index contributed by atoms with van der Waals surface area (Å²) >= 11 is 9.20. The maximum Gasteiger partial charge on any atom is 0.0550 e. The Hall–Kier alpha value is -0.0500. The van der Waals surface area contributed by atoms with Crippen molar-refractivity contribution in [1.29, 1.82) is 0 Å². The van der Waals surface area contributed by atoms with Crippen LogP contribution in [0.3, 0.4) is 0 Å². The van der Waals surface area contributed by atoms with Crippen LogP contribution < -0.4 is 0 Å². The van der Waals surface area contributed by atoms with Crippen LogP contribution in [0.1, 0.15) is 12.0 Å². The van der Waals surface area contributed by atoms with Crippen LogP contribution in [-0.2, 0) is 6.42 Å². The first kappa shape index (κ1) is 10.0. The minimum Gasteiger partial charge on any atom is -0.396 e. The summed E-state index contributed by atoms with van der Waals surface area (Å²) in [6.07, 6.45) is 1.67. The summed E-state index contributed by atoms with van der Waals surface area (Å²) in [4.78, 5) is 0. The fourth-order valence-electron chi connectivity index (χ4n) is 0.978. The molecule has 0 amide bonds. The molecule has 0 saturated carbocycles. The lowest BCUT2D eigenvalue weighted by Crippen LogP contribution is -1.89. The van der Waals surface area contributed by atoms with E-state index in [-0.39, 0.29) is 6.61 Å². The molecule has 1 aromatic rings. The molecule has 1 aromatic carbocycles. The molecular weight excluding hydrogens is 239 g/mol. The van der Waals surface area contributed by atoms with Crippen LogP contribution in [0.4, 0.5) is 0 Å². The summed E-state index contributed by atoms with van der Waals surface area (Å²) in [5, 5.41) is 9.34. The first-order valence-corrected chi connectivity index (χ1v) is 4.96. The molecule has 0 unspecified atom stereocenters. The molecule has 0 fully saturated rings. The summed E-state index contributed by atoms with van der Waals surface area (Å²) in [6.45, 7) is 0.230. The van der Waals surface area contributed by atoms with Gasteiger partial charge in [0.1, 0.15) is 0 Å². The molecule has 0 bridgehead atoms. The van der Waals surface area contributed by atoms with Crippen molar-refractivity contribution >= 4 is 27.5 Å². The number of aliphatic hydroxyl groups is 1. The van der Waals surface area contributed by atoms with Crippen LogP contribution in [0.5, 0.6) is 0 Å². The highest BCUT2D eigenvalue weighted by Crippen LogP contribution is 2.23. The molecule has 0 aliphatic heterocycles. The zero-order chi connectivity index (χ0) is 8.97. The van der Waals surface area contributed by atoms with Gasteiger partial charge in [0, 0.05) is 11.1 Å². The van der Waals surface area contributed by atoms with E-state index in [1.165, 1.54) is 0 Å². The van der Waals surface area contributed by atoms with E-state index in [0.29, 0.717) is 0 Å². The maximum absolute atomic E-state index is 8.61. The number of hydrogen-bond acceptors (Lipinski definition) is 1. The van der Waals surface area contributed by atoms with Gasteiger partial charge in [-0.25, -0.2) is 0 Å². The molecule has 0 aliphatic carbocycles. The van der Waals surface area contributed by atoms with Gasteiger partial charge in [0.15, 0.2) is 0 Å². The zero-order valence-corrected chi connectivity index (χ0v) is 8.90. The normalized spacial score (nSPS) is 10.2. The quantitative estimate of drug-likeness (QED) is 0.873. The molecule has 0 aliphatic rings. The van der Waals surface area contributed by atoms with E-state index in [4.69, 9.17) is 16.7 Å². The van der Waals surface area contributed by atoms with Gasteiger partial charge >= 0.3 is 0 Å². The van der Waals surface area contributed by atoms with Crippen molar-refractivity contribution in [3.63, 3.8) is 0 Å².